The topological polar surface area (TPSA) is 31.4 Å². The molecule has 0 spiro atoms. The van der Waals surface area contributed by atoms with Gasteiger partial charge in [-0.3, -0.25) is 0 Å². The summed E-state index contributed by atoms with van der Waals surface area (Å²) in [6.45, 7) is 4.25. The second-order valence-corrected chi connectivity index (χ2v) is 7.02. The van der Waals surface area contributed by atoms with Crippen molar-refractivity contribution in [2.75, 3.05) is 13.9 Å². The second kappa shape index (κ2) is 7.59. The number of hydrogen-bond acceptors (Lipinski definition) is 4. The molecule has 3 aromatic carbocycles. The van der Waals surface area contributed by atoms with Gasteiger partial charge in [0.05, 0.1) is 11.0 Å². The highest BCUT2D eigenvalue weighted by molar-refractivity contribution is 8.00. The summed E-state index contributed by atoms with van der Waals surface area (Å²) in [5, 5.41) is 2.43. The van der Waals surface area contributed by atoms with Gasteiger partial charge in [0.2, 0.25) is 0 Å². The number of methoxy groups -OCH3 is 1. The number of para-hydroxylation sites is 1. The zero-order chi connectivity index (χ0) is 18.8. The largest absolute Gasteiger partial charge is 0.468 e. The molecule has 136 valence electrons. The summed E-state index contributed by atoms with van der Waals surface area (Å²) in [6, 6.07) is 20.9. The van der Waals surface area contributed by atoms with Crippen molar-refractivity contribution in [1.82, 2.24) is 4.98 Å². The maximum atomic E-state index is 5.63. The third-order valence-corrected chi connectivity index (χ3v) is 5.66. The number of rotatable bonds is 3. The van der Waals surface area contributed by atoms with Gasteiger partial charge in [-0.15, -0.1) is 0 Å². The van der Waals surface area contributed by atoms with Crippen molar-refractivity contribution in [2.45, 2.75) is 23.6 Å². The molecule has 0 amide bonds. The molecule has 0 saturated heterocycles. The Balaban J connectivity index is 0.000000872. The van der Waals surface area contributed by atoms with Crippen LogP contribution in [0.3, 0.4) is 0 Å². The quantitative estimate of drug-likeness (QED) is 0.265. The molecule has 0 N–H and O–H groups in total. The standard InChI is InChI=1S/C21H15NO2S.C2H6/c1-23-12-24-13-9-10-19-16(11-13)14-6-4-8-18-20(14)21(25-19)15-5-2-3-7-17(15)22-18;1-2/h2-11H,12H2,1H3;1-2H3. The molecule has 3 nitrogen and oxygen atoms in total. The van der Waals surface area contributed by atoms with Crippen molar-refractivity contribution in [2.24, 2.45) is 0 Å². The molecule has 0 unspecified atom stereocenters. The lowest BCUT2D eigenvalue weighted by Gasteiger charge is -2.22. The average Bonchev–Trinajstić information content (AvgIpc) is 2.74. The van der Waals surface area contributed by atoms with Crippen LogP contribution in [0.1, 0.15) is 13.8 Å². The van der Waals surface area contributed by atoms with E-state index in [1.165, 1.54) is 31.7 Å². The molecule has 0 radical (unpaired) electrons. The smallest absolute Gasteiger partial charge is 0.188 e. The molecule has 0 bridgehead atoms. The van der Waals surface area contributed by atoms with Crippen LogP contribution in [0.5, 0.6) is 5.75 Å². The minimum absolute atomic E-state index is 0.249. The van der Waals surface area contributed by atoms with Gasteiger partial charge in [0, 0.05) is 27.7 Å². The molecule has 1 aliphatic heterocycles. The zero-order valence-electron chi connectivity index (χ0n) is 15.7. The third kappa shape index (κ3) is 3.05. The van der Waals surface area contributed by atoms with E-state index in [9.17, 15) is 0 Å². The van der Waals surface area contributed by atoms with E-state index in [2.05, 4.69) is 48.5 Å². The van der Waals surface area contributed by atoms with Crippen molar-refractivity contribution in [3.8, 4) is 16.9 Å². The summed E-state index contributed by atoms with van der Waals surface area (Å²) < 4.78 is 10.6. The van der Waals surface area contributed by atoms with Crippen molar-refractivity contribution >= 4 is 33.6 Å². The van der Waals surface area contributed by atoms with Gasteiger partial charge in [0.25, 0.3) is 0 Å². The monoisotopic (exact) mass is 375 g/mol. The maximum absolute atomic E-state index is 5.63. The average molecular weight is 375 g/mol. The predicted octanol–water partition coefficient (Wildman–Crippen LogP) is 6.53. The molecule has 27 heavy (non-hydrogen) atoms. The molecule has 0 atom stereocenters. The summed E-state index contributed by atoms with van der Waals surface area (Å²) >= 11 is 1.81. The van der Waals surface area contributed by atoms with Crippen molar-refractivity contribution < 1.29 is 9.47 Å². The van der Waals surface area contributed by atoms with Gasteiger partial charge in [-0.2, -0.15) is 0 Å². The number of hydrogen-bond donors (Lipinski definition) is 0. The van der Waals surface area contributed by atoms with Crippen molar-refractivity contribution in [1.29, 1.82) is 0 Å². The number of nitrogens with zero attached hydrogens (tertiary/aromatic N) is 1. The van der Waals surface area contributed by atoms with E-state index < -0.39 is 0 Å². The fourth-order valence-corrected chi connectivity index (χ4v) is 4.60. The van der Waals surface area contributed by atoms with Gasteiger partial charge in [0.1, 0.15) is 5.75 Å². The van der Waals surface area contributed by atoms with Gasteiger partial charge < -0.3 is 9.47 Å². The molecule has 0 saturated carbocycles. The molecule has 2 heterocycles. The Morgan fingerprint density at radius 2 is 1.70 bits per heavy atom. The van der Waals surface area contributed by atoms with E-state index in [0.717, 1.165) is 16.8 Å². The third-order valence-electron chi connectivity index (χ3n) is 4.46. The minimum atomic E-state index is 0.249. The van der Waals surface area contributed by atoms with Crippen LogP contribution in [0, 0.1) is 0 Å². The molecule has 4 aromatic rings. The highest BCUT2D eigenvalue weighted by Gasteiger charge is 2.22. The Kier molecular flexibility index (Phi) is 5.01. The van der Waals surface area contributed by atoms with Gasteiger partial charge in [0.15, 0.2) is 6.79 Å². The number of ether oxygens (including phenoxy) is 2. The first kappa shape index (κ1) is 17.8. The van der Waals surface area contributed by atoms with E-state index in [0.29, 0.717) is 0 Å². The molecular formula is C23H21NO2S. The zero-order valence-corrected chi connectivity index (χ0v) is 16.5. The molecule has 4 heteroatoms. The Hall–Kier alpha value is -2.56. The molecule has 0 aliphatic carbocycles. The van der Waals surface area contributed by atoms with Crippen LogP contribution in [0.2, 0.25) is 0 Å². The lowest BCUT2D eigenvalue weighted by atomic mass is 9.98. The van der Waals surface area contributed by atoms with E-state index in [-0.39, 0.29) is 6.79 Å². The van der Waals surface area contributed by atoms with Crippen LogP contribution in [0.4, 0.5) is 0 Å². The summed E-state index contributed by atoms with van der Waals surface area (Å²) in [4.78, 5) is 7.38. The lowest BCUT2D eigenvalue weighted by molar-refractivity contribution is 0.0511. The Morgan fingerprint density at radius 1 is 0.889 bits per heavy atom. The van der Waals surface area contributed by atoms with Crippen LogP contribution < -0.4 is 4.74 Å². The van der Waals surface area contributed by atoms with E-state index >= 15 is 0 Å². The van der Waals surface area contributed by atoms with Crippen LogP contribution in [-0.4, -0.2) is 18.9 Å². The Morgan fingerprint density at radius 3 is 2.56 bits per heavy atom. The number of fused-ring (bicyclic) bond motifs is 4. The lowest BCUT2D eigenvalue weighted by Crippen LogP contribution is -2.00. The van der Waals surface area contributed by atoms with Crippen molar-refractivity contribution in [3.63, 3.8) is 0 Å². The van der Waals surface area contributed by atoms with Gasteiger partial charge in [-0.05, 0) is 41.5 Å². The number of benzene rings is 3. The van der Waals surface area contributed by atoms with Crippen LogP contribution >= 0.6 is 11.8 Å². The highest BCUT2D eigenvalue weighted by atomic mass is 32.2. The SMILES string of the molecule is CC.COCOc1ccc2c(c1)-c1cccc3nc4ccccc4c(c13)S2. The number of pyridine rings is 1. The normalized spacial score (nSPS) is 11.7. The molecule has 0 fully saturated rings. The summed E-state index contributed by atoms with van der Waals surface area (Å²) in [5.41, 5.74) is 4.47. The summed E-state index contributed by atoms with van der Waals surface area (Å²) in [5.74, 6) is 0.815. The second-order valence-electron chi connectivity index (χ2n) is 5.97. The van der Waals surface area contributed by atoms with Crippen LogP contribution in [0.15, 0.2) is 70.5 Å². The summed E-state index contributed by atoms with van der Waals surface area (Å²) in [7, 11) is 1.63. The number of aromatic nitrogens is 1. The van der Waals surface area contributed by atoms with E-state index in [1.54, 1.807) is 7.11 Å². The first-order chi connectivity index (χ1) is 13.3. The molecule has 1 aromatic heterocycles. The van der Waals surface area contributed by atoms with Crippen molar-refractivity contribution in [3.05, 3.63) is 60.7 Å². The Labute approximate surface area is 163 Å². The van der Waals surface area contributed by atoms with E-state index in [4.69, 9.17) is 14.5 Å². The Bertz CT molecular complexity index is 1120. The maximum Gasteiger partial charge on any atom is 0.188 e. The summed E-state index contributed by atoms with van der Waals surface area (Å²) in [6.07, 6.45) is 0. The predicted molar refractivity (Wildman–Crippen MR) is 113 cm³/mol. The van der Waals surface area contributed by atoms with Gasteiger partial charge in [-0.25, -0.2) is 4.98 Å². The van der Waals surface area contributed by atoms with E-state index in [1.807, 2.05) is 37.7 Å². The fraction of sp³-hybridized carbons (Fsp3) is 0.174. The fourth-order valence-electron chi connectivity index (χ4n) is 3.37. The molecular weight excluding hydrogens is 354 g/mol. The first-order valence-corrected chi connectivity index (χ1v) is 9.92. The first-order valence-electron chi connectivity index (χ1n) is 9.10. The van der Waals surface area contributed by atoms with Crippen LogP contribution in [0.25, 0.3) is 32.9 Å². The van der Waals surface area contributed by atoms with Crippen LogP contribution in [-0.2, 0) is 4.74 Å². The minimum Gasteiger partial charge on any atom is -0.468 e. The molecule has 5 rings (SSSR count). The van der Waals surface area contributed by atoms with Gasteiger partial charge >= 0.3 is 0 Å². The molecule has 1 aliphatic rings. The highest BCUT2D eigenvalue weighted by Crippen LogP contribution is 2.50. The van der Waals surface area contributed by atoms with Gasteiger partial charge in [-0.1, -0.05) is 55.9 Å².